The van der Waals surface area contributed by atoms with E-state index in [1.54, 1.807) is 0 Å². The van der Waals surface area contributed by atoms with Gasteiger partial charge in [-0.1, -0.05) is 0 Å². The molecular weight excluding hydrogens is 270 g/mol. The van der Waals surface area contributed by atoms with Gasteiger partial charge in [0, 0.05) is 16.3 Å². The van der Waals surface area contributed by atoms with Crippen LogP contribution in [0.5, 0.6) is 0 Å². The molecule has 2 amide bonds. The zero-order valence-electron chi connectivity index (χ0n) is 12.5. The van der Waals surface area contributed by atoms with Crippen molar-refractivity contribution in [3.05, 3.63) is 21.9 Å². The molecule has 0 unspecified atom stereocenters. The number of rotatable bonds is 2. The molecule has 1 saturated heterocycles. The maximum atomic E-state index is 11.5. The van der Waals surface area contributed by atoms with Crippen LogP contribution in [-0.2, 0) is 5.54 Å². The molecule has 0 atom stereocenters. The van der Waals surface area contributed by atoms with Crippen molar-refractivity contribution >= 4 is 17.4 Å². The van der Waals surface area contributed by atoms with Crippen LogP contribution in [0.15, 0.2) is 12.1 Å². The summed E-state index contributed by atoms with van der Waals surface area (Å²) in [5, 5.41) is 6.06. The molecule has 0 radical (unpaired) electrons. The molecule has 0 bridgehead atoms. The molecule has 1 spiro atoms. The number of amides is 2. The minimum Gasteiger partial charge on any atom is -0.336 e. The molecule has 1 aromatic heterocycles. The number of thiophene rings is 1. The Morgan fingerprint density at radius 3 is 2.35 bits per heavy atom. The summed E-state index contributed by atoms with van der Waals surface area (Å²) in [6.07, 6.45) is 4.28. The summed E-state index contributed by atoms with van der Waals surface area (Å²) >= 11 is 1.91. The second-order valence-corrected chi connectivity index (χ2v) is 7.71. The average Bonchev–Trinajstić information content (AvgIpc) is 2.98. The Labute approximate surface area is 124 Å². The van der Waals surface area contributed by atoms with Gasteiger partial charge in [0.2, 0.25) is 0 Å². The van der Waals surface area contributed by atoms with Crippen molar-refractivity contribution in [2.75, 3.05) is 20.6 Å². The van der Waals surface area contributed by atoms with E-state index in [9.17, 15) is 4.79 Å². The molecule has 1 saturated carbocycles. The molecule has 2 N–H and O–H groups in total. The molecular formula is C15H23N3OS. The highest BCUT2D eigenvalue weighted by Crippen LogP contribution is 2.46. The summed E-state index contributed by atoms with van der Waals surface area (Å²) in [6, 6.07) is 4.49. The molecule has 5 heteroatoms. The van der Waals surface area contributed by atoms with Crippen molar-refractivity contribution in [3.8, 4) is 0 Å². The van der Waals surface area contributed by atoms with Gasteiger partial charge in [0.1, 0.15) is 0 Å². The van der Waals surface area contributed by atoms with Gasteiger partial charge in [0.25, 0.3) is 0 Å². The minimum absolute atomic E-state index is 0.00526. The van der Waals surface area contributed by atoms with Crippen LogP contribution < -0.4 is 10.6 Å². The topological polar surface area (TPSA) is 44.4 Å². The standard InChI is InChI=1S/C15H23N3OS/c1-11-4-5-12(20-11)15(18(2)3)8-6-14(7-9-15)10-16-13(19)17-14/h4-5H,6-10H2,1-3H3,(H2,16,17,19). The Morgan fingerprint density at radius 2 is 1.90 bits per heavy atom. The van der Waals surface area contributed by atoms with Crippen LogP contribution in [0, 0.1) is 6.92 Å². The summed E-state index contributed by atoms with van der Waals surface area (Å²) in [5.41, 5.74) is 0.125. The molecule has 3 rings (SSSR count). The number of nitrogens with one attached hydrogen (secondary N) is 2. The van der Waals surface area contributed by atoms with E-state index in [4.69, 9.17) is 0 Å². The van der Waals surface area contributed by atoms with Crippen LogP contribution in [0.2, 0.25) is 0 Å². The predicted molar refractivity (Wildman–Crippen MR) is 82.2 cm³/mol. The van der Waals surface area contributed by atoms with Crippen molar-refractivity contribution in [1.29, 1.82) is 0 Å². The molecule has 1 aliphatic heterocycles. The van der Waals surface area contributed by atoms with Crippen molar-refractivity contribution in [3.63, 3.8) is 0 Å². The lowest BCUT2D eigenvalue weighted by Crippen LogP contribution is -2.53. The summed E-state index contributed by atoms with van der Waals surface area (Å²) in [4.78, 5) is 16.7. The van der Waals surface area contributed by atoms with Crippen LogP contribution in [0.3, 0.4) is 0 Å². The Bertz CT molecular complexity index is 515. The molecule has 2 aliphatic rings. The molecule has 0 aromatic carbocycles. The van der Waals surface area contributed by atoms with Crippen molar-refractivity contribution in [1.82, 2.24) is 15.5 Å². The maximum absolute atomic E-state index is 11.5. The lowest BCUT2D eigenvalue weighted by molar-refractivity contribution is 0.0684. The number of hydrogen-bond donors (Lipinski definition) is 2. The van der Waals surface area contributed by atoms with E-state index in [-0.39, 0.29) is 17.1 Å². The third-order valence-corrected chi connectivity index (χ3v) is 6.25. The van der Waals surface area contributed by atoms with Crippen LogP contribution in [0.1, 0.15) is 35.4 Å². The van der Waals surface area contributed by atoms with E-state index < -0.39 is 0 Å². The first-order valence-corrected chi connectivity index (χ1v) is 8.08. The fourth-order valence-electron chi connectivity index (χ4n) is 3.62. The Kier molecular flexibility index (Phi) is 3.29. The van der Waals surface area contributed by atoms with Gasteiger partial charge in [0.05, 0.1) is 11.1 Å². The molecule has 1 aliphatic carbocycles. The predicted octanol–water partition coefficient (Wildman–Crippen LogP) is 2.44. The second kappa shape index (κ2) is 4.74. The van der Waals surface area contributed by atoms with Crippen molar-refractivity contribution in [2.45, 2.75) is 43.7 Å². The molecule has 2 fully saturated rings. The monoisotopic (exact) mass is 293 g/mol. The fraction of sp³-hybridized carbons (Fsp3) is 0.667. The molecule has 4 nitrogen and oxygen atoms in total. The fourth-order valence-corrected chi connectivity index (χ4v) is 4.82. The molecule has 1 aromatic rings. The molecule has 2 heterocycles. The smallest absolute Gasteiger partial charge is 0.315 e. The Morgan fingerprint density at radius 1 is 1.20 bits per heavy atom. The third kappa shape index (κ3) is 2.13. The SMILES string of the molecule is Cc1ccc(C2(N(C)C)CCC3(CC2)CNC(=O)N3)s1. The largest absolute Gasteiger partial charge is 0.336 e. The minimum atomic E-state index is -0.0110. The number of nitrogens with zero attached hydrogens (tertiary/aromatic N) is 1. The van der Waals surface area contributed by atoms with Crippen molar-refractivity contribution in [2.24, 2.45) is 0 Å². The van der Waals surface area contributed by atoms with E-state index in [1.165, 1.54) is 9.75 Å². The van der Waals surface area contributed by atoms with Crippen LogP contribution in [-0.4, -0.2) is 37.1 Å². The number of carbonyl (C=O) groups is 1. The van der Waals surface area contributed by atoms with Gasteiger partial charge >= 0.3 is 6.03 Å². The third-order valence-electron chi connectivity index (χ3n) is 5.06. The van der Waals surface area contributed by atoms with Crippen LogP contribution >= 0.6 is 11.3 Å². The number of hydrogen-bond acceptors (Lipinski definition) is 3. The number of carbonyl (C=O) groups excluding carboxylic acids is 1. The zero-order valence-corrected chi connectivity index (χ0v) is 13.3. The van der Waals surface area contributed by atoms with Crippen LogP contribution in [0.4, 0.5) is 4.79 Å². The molecule has 20 heavy (non-hydrogen) atoms. The summed E-state index contributed by atoms with van der Waals surface area (Å²) in [7, 11) is 4.36. The van der Waals surface area contributed by atoms with Gasteiger partial charge in [-0.15, -0.1) is 11.3 Å². The summed E-state index contributed by atoms with van der Waals surface area (Å²) < 4.78 is 0. The van der Waals surface area contributed by atoms with E-state index in [0.29, 0.717) is 0 Å². The van der Waals surface area contributed by atoms with Gasteiger partial charge in [-0.25, -0.2) is 4.79 Å². The van der Waals surface area contributed by atoms with Gasteiger partial charge in [-0.05, 0) is 58.8 Å². The second-order valence-electron chi connectivity index (χ2n) is 6.42. The van der Waals surface area contributed by atoms with Crippen LogP contribution in [0.25, 0.3) is 0 Å². The quantitative estimate of drug-likeness (QED) is 0.879. The summed E-state index contributed by atoms with van der Waals surface area (Å²) in [6.45, 7) is 2.95. The average molecular weight is 293 g/mol. The number of aryl methyl sites for hydroxylation is 1. The first-order valence-electron chi connectivity index (χ1n) is 7.26. The van der Waals surface area contributed by atoms with E-state index in [2.05, 4.69) is 48.7 Å². The van der Waals surface area contributed by atoms with Gasteiger partial charge < -0.3 is 10.6 Å². The lowest BCUT2D eigenvalue weighted by Gasteiger charge is -2.47. The van der Waals surface area contributed by atoms with E-state index in [0.717, 1.165) is 32.2 Å². The van der Waals surface area contributed by atoms with E-state index in [1.807, 2.05) is 11.3 Å². The highest BCUT2D eigenvalue weighted by atomic mass is 32.1. The highest BCUT2D eigenvalue weighted by Gasteiger charge is 2.48. The molecule has 110 valence electrons. The normalized spacial score (nSPS) is 33.5. The number of urea groups is 1. The van der Waals surface area contributed by atoms with Gasteiger partial charge in [-0.3, -0.25) is 4.90 Å². The van der Waals surface area contributed by atoms with Gasteiger partial charge in [0.15, 0.2) is 0 Å². The highest BCUT2D eigenvalue weighted by molar-refractivity contribution is 7.12. The Hall–Kier alpha value is -1.07. The van der Waals surface area contributed by atoms with Crippen molar-refractivity contribution < 1.29 is 4.79 Å². The van der Waals surface area contributed by atoms with Gasteiger partial charge in [-0.2, -0.15) is 0 Å². The first-order chi connectivity index (χ1) is 9.46. The lowest BCUT2D eigenvalue weighted by atomic mass is 9.71. The summed E-state index contributed by atoms with van der Waals surface area (Å²) in [5.74, 6) is 0. The first kappa shape index (κ1) is 13.9. The maximum Gasteiger partial charge on any atom is 0.315 e. The Balaban J connectivity index is 1.83. The van der Waals surface area contributed by atoms with E-state index >= 15 is 0 Å². The zero-order chi connectivity index (χ0) is 14.4.